The summed E-state index contributed by atoms with van der Waals surface area (Å²) in [5.74, 6) is 0. The first-order chi connectivity index (χ1) is 7.28. The van der Waals surface area contributed by atoms with Crippen LogP contribution in [-0.4, -0.2) is 34.2 Å². The van der Waals surface area contributed by atoms with Crippen molar-refractivity contribution in [3.05, 3.63) is 16.1 Å². The fraction of sp³-hybridized carbons (Fsp3) is 0.727. The molecule has 0 radical (unpaired) electrons. The molecule has 0 bridgehead atoms. The molecule has 1 aromatic rings. The summed E-state index contributed by atoms with van der Waals surface area (Å²) in [7, 11) is 0. The van der Waals surface area contributed by atoms with Gasteiger partial charge in [0.05, 0.1) is 16.8 Å². The van der Waals surface area contributed by atoms with Gasteiger partial charge in [-0.1, -0.05) is 6.92 Å². The third kappa shape index (κ3) is 3.00. The highest BCUT2D eigenvalue weighted by molar-refractivity contribution is 7.09. The van der Waals surface area contributed by atoms with E-state index in [4.69, 9.17) is 0 Å². The van der Waals surface area contributed by atoms with Gasteiger partial charge < -0.3 is 5.11 Å². The lowest BCUT2D eigenvalue weighted by Crippen LogP contribution is -2.37. The first-order valence-electron chi connectivity index (χ1n) is 5.61. The van der Waals surface area contributed by atoms with Gasteiger partial charge in [-0.25, -0.2) is 4.98 Å². The van der Waals surface area contributed by atoms with Crippen LogP contribution in [0.2, 0.25) is 0 Å². The van der Waals surface area contributed by atoms with Crippen molar-refractivity contribution < 1.29 is 5.11 Å². The Morgan fingerprint density at radius 3 is 3.20 bits per heavy atom. The van der Waals surface area contributed by atoms with Gasteiger partial charge in [0.15, 0.2) is 0 Å². The van der Waals surface area contributed by atoms with Crippen LogP contribution in [0.5, 0.6) is 0 Å². The Hall–Kier alpha value is -0.450. The summed E-state index contributed by atoms with van der Waals surface area (Å²) in [5, 5.41) is 12.9. The van der Waals surface area contributed by atoms with Gasteiger partial charge in [-0.05, 0) is 25.8 Å². The molecule has 0 spiro atoms. The SMILES string of the molecule is CCc1nc(CN2CCC[C@H](O)C2)cs1. The highest BCUT2D eigenvalue weighted by Crippen LogP contribution is 2.16. The summed E-state index contributed by atoms with van der Waals surface area (Å²) in [5.41, 5.74) is 1.16. The number of thiazole rings is 1. The van der Waals surface area contributed by atoms with E-state index in [0.29, 0.717) is 0 Å². The van der Waals surface area contributed by atoms with Gasteiger partial charge in [0.2, 0.25) is 0 Å². The van der Waals surface area contributed by atoms with Crippen LogP contribution in [0.15, 0.2) is 5.38 Å². The number of β-amino-alcohol motifs (C(OH)–C–C–N with tert-alkyl or cyclic N) is 1. The molecule has 2 rings (SSSR count). The second-order valence-corrected chi connectivity index (χ2v) is 5.06. The average Bonchev–Trinajstić information content (AvgIpc) is 2.65. The molecule has 3 nitrogen and oxygen atoms in total. The van der Waals surface area contributed by atoms with Gasteiger partial charge in [0, 0.05) is 18.5 Å². The number of aromatic nitrogens is 1. The smallest absolute Gasteiger partial charge is 0.0926 e. The number of aryl methyl sites for hydroxylation is 1. The van der Waals surface area contributed by atoms with Gasteiger partial charge in [-0.2, -0.15) is 0 Å². The second kappa shape index (κ2) is 5.05. The van der Waals surface area contributed by atoms with E-state index in [0.717, 1.165) is 44.6 Å². The monoisotopic (exact) mass is 226 g/mol. The minimum Gasteiger partial charge on any atom is -0.392 e. The maximum Gasteiger partial charge on any atom is 0.0926 e. The maximum absolute atomic E-state index is 9.55. The lowest BCUT2D eigenvalue weighted by atomic mass is 10.1. The first-order valence-corrected chi connectivity index (χ1v) is 6.49. The molecule has 0 aromatic carbocycles. The van der Waals surface area contributed by atoms with Crippen LogP contribution in [0.4, 0.5) is 0 Å². The Bertz CT molecular complexity index is 313. The molecule has 1 atom stereocenters. The molecule has 4 heteroatoms. The van der Waals surface area contributed by atoms with Crippen molar-refractivity contribution in [2.45, 2.75) is 38.8 Å². The van der Waals surface area contributed by atoms with Crippen molar-refractivity contribution in [1.82, 2.24) is 9.88 Å². The van der Waals surface area contributed by atoms with Gasteiger partial charge in [0.1, 0.15) is 0 Å². The molecule has 1 fully saturated rings. The molecular weight excluding hydrogens is 208 g/mol. The standard InChI is InChI=1S/C11H18N2OS/c1-2-11-12-9(8-15-11)6-13-5-3-4-10(14)7-13/h8,10,14H,2-7H2,1H3/t10-/m0/s1. The normalized spacial score (nSPS) is 23.2. The fourth-order valence-corrected chi connectivity index (χ4v) is 2.72. The van der Waals surface area contributed by atoms with Crippen molar-refractivity contribution >= 4 is 11.3 Å². The lowest BCUT2D eigenvalue weighted by molar-refractivity contribution is 0.0663. The van der Waals surface area contributed by atoms with Crippen LogP contribution in [-0.2, 0) is 13.0 Å². The molecule has 1 aliphatic rings. The third-order valence-corrected chi connectivity index (χ3v) is 3.81. The van der Waals surface area contributed by atoms with E-state index in [2.05, 4.69) is 22.2 Å². The number of rotatable bonds is 3. The van der Waals surface area contributed by atoms with Crippen LogP contribution in [0.1, 0.15) is 30.5 Å². The summed E-state index contributed by atoms with van der Waals surface area (Å²) in [4.78, 5) is 6.84. The van der Waals surface area contributed by atoms with Crippen LogP contribution in [0.3, 0.4) is 0 Å². The number of aliphatic hydroxyl groups is 1. The number of nitrogens with zero attached hydrogens (tertiary/aromatic N) is 2. The molecule has 0 saturated carbocycles. The molecule has 2 heterocycles. The summed E-state index contributed by atoms with van der Waals surface area (Å²) < 4.78 is 0. The van der Waals surface area contributed by atoms with Gasteiger partial charge >= 0.3 is 0 Å². The molecular formula is C11H18N2OS. The van der Waals surface area contributed by atoms with Gasteiger partial charge in [-0.3, -0.25) is 4.90 Å². The molecule has 1 aliphatic heterocycles. The number of likely N-dealkylation sites (tertiary alicyclic amines) is 1. The zero-order chi connectivity index (χ0) is 10.7. The van der Waals surface area contributed by atoms with Crippen molar-refractivity contribution in [2.75, 3.05) is 13.1 Å². The Kier molecular flexibility index (Phi) is 3.72. The van der Waals surface area contributed by atoms with Crippen LogP contribution >= 0.6 is 11.3 Å². The highest BCUT2D eigenvalue weighted by Gasteiger charge is 2.18. The zero-order valence-corrected chi connectivity index (χ0v) is 9.96. The molecule has 0 aliphatic carbocycles. The number of hydrogen-bond donors (Lipinski definition) is 1. The van der Waals surface area contributed by atoms with E-state index in [-0.39, 0.29) is 6.10 Å². The van der Waals surface area contributed by atoms with E-state index in [9.17, 15) is 5.11 Å². The zero-order valence-electron chi connectivity index (χ0n) is 9.15. The van der Waals surface area contributed by atoms with Crippen molar-refractivity contribution in [3.63, 3.8) is 0 Å². The van der Waals surface area contributed by atoms with Crippen LogP contribution < -0.4 is 0 Å². The second-order valence-electron chi connectivity index (χ2n) is 4.12. The Balaban J connectivity index is 1.90. The highest BCUT2D eigenvalue weighted by atomic mass is 32.1. The quantitative estimate of drug-likeness (QED) is 0.851. The number of hydrogen-bond acceptors (Lipinski definition) is 4. The predicted octanol–water partition coefficient (Wildman–Crippen LogP) is 1.66. The van der Waals surface area contributed by atoms with E-state index < -0.39 is 0 Å². The molecule has 0 amide bonds. The summed E-state index contributed by atoms with van der Waals surface area (Å²) >= 11 is 1.74. The topological polar surface area (TPSA) is 36.4 Å². The predicted molar refractivity (Wildman–Crippen MR) is 62.0 cm³/mol. The third-order valence-electron chi connectivity index (χ3n) is 2.77. The molecule has 15 heavy (non-hydrogen) atoms. The largest absolute Gasteiger partial charge is 0.392 e. The molecule has 84 valence electrons. The minimum atomic E-state index is -0.136. The molecule has 0 unspecified atom stereocenters. The summed E-state index contributed by atoms with van der Waals surface area (Å²) in [6.45, 7) is 4.93. The minimum absolute atomic E-state index is 0.136. The number of aliphatic hydroxyl groups excluding tert-OH is 1. The van der Waals surface area contributed by atoms with Crippen molar-refractivity contribution in [1.29, 1.82) is 0 Å². The average molecular weight is 226 g/mol. The van der Waals surface area contributed by atoms with Crippen molar-refractivity contribution in [2.24, 2.45) is 0 Å². The fourth-order valence-electron chi connectivity index (χ4n) is 1.99. The lowest BCUT2D eigenvalue weighted by Gasteiger charge is -2.29. The molecule has 1 saturated heterocycles. The molecule has 1 aromatic heterocycles. The van der Waals surface area contributed by atoms with E-state index in [1.54, 1.807) is 11.3 Å². The Morgan fingerprint density at radius 1 is 1.67 bits per heavy atom. The van der Waals surface area contributed by atoms with E-state index in [1.165, 1.54) is 5.01 Å². The van der Waals surface area contributed by atoms with Crippen molar-refractivity contribution in [3.8, 4) is 0 Å². The van der Waals surface area contributed by atoms with E-state index in [1.807, 2.05) is 0 Å². The first kappa shape index (κ1) is 11.0. The summed E-state index contributed by atoms with van der Waals surface area (Å²) in [6, 6.07) is 0. The van der Waals surface area contributed by atoms with Gasteiger partial charge in [-0.15, -0.1) is 11.3 Å². The Labute approximate surface area is 94.8 Å². The van der Waals surface area contributed by atoms with Crippen LogP contribution in [0.25, 0.3) is 0 Å². The number of piperidine rings is 1. The Morgan fingerprint density at radius 2 is 2.53 bits per heavy atom. The van der Waals surface area contributed by atoms with Crippen LogP contribution in [0, 0.1) is 0 Å². The van der Waals surface area contributed by atoms with Gasteiger partial charge in [0.25, 0.3) is 0 Å². The summed E-state index contributed by atoms with van der Waals surface area (Å²) in [6.07, 6.45) is 2.94. The maximum atomic E-state index is 9.55. The molecule has 1 N–H and O–H groups in total. The van der Waals surface area contributed by atoms with E-state index >= 15 is 0 Å².